The SMILES string of the molecule is Cc1nc([C@@H]2O[C@@H]3COC(c4ccccc4)O[C@@H]3[C@H](NNC(=O)OC(C)(C)C)[C@H]2O)n(-c2cc(Br)ccc2I)n1. The predicted molar refractivity (Wildman–Crippen MR) is 156 cm³/mol. The number of carbonyl (C=O) groups is 1. The first-order valence-corrected chi connectivity index (χ1v) is 14.7. The Bertz CT molecular complexity index is 1350. The Hall–Kier alpha value is -2.14. The van der Waals surface area contributed by atoms with E-state index in [2.05, 4.69) is 59.5 Å². The summed E-state index contributed by atoms with van der Waals surface area (Å²) < 4.78 is 27.6. The number of amides is 1. The van der Waals surface area contributed by atoms with Gasteiger partial charge in [0.1, 0.15) is 35.8 Å². The number of ether oxygens (including phenoxy) is 4. The number of fused-ring (bicyclic) bond motifs is 1. The van der Waals surface area contributed by atoms with Crippen molar-refractivity contribution in [3.63, 3.8) is 0 Å². The fourth-order valence-electron chi connectivity index (χ4n) is 4.68. The second kappa shape index (κ2) is 12.0. The summed E-state index contributed by atoms with van der Waals surface area (Å²) >= 11 is 5.76. The van der Waals surface area contributed by atoms with Crippen LogP contribution < -0.4 is 10.9 Å². The van der Waals surface area contributed by atoms with E-state index in [0.29, 0.717) is 11.6 Å². The van der Waals surface area contributed by atoms with Crippen molar-refractivity contribution in [1.29, 1.82) is 0 Å². The van der Waals surface area contributed by atoms with Crippen LogP contribution in [-0.2, 0) is 18.9 Å². The molecule has 0 spiro atoms. The molecule has 0 saturated carbocycles. The van der Waals surface area contributed by atoms with Crippen LogP contribution in [0.15, 0.2) is 53.0 Å². The molecule has 2 aromatic carbocycles. The summed E-state index contributed by atoms with van der Waals surface area (Å²) in [5, 5.41) is 16.3. The summed E-state index contributed by atoms with van der Waals surface area (Å²) in [6, 6.07) is 14.5. The highest BCUT2D eigenvalue weighted by Crippen LogP contribution is 2.39. The largest absolute Gasteiger partial charge is 0.443 e. The number of aryl methyl sites for hydroxylation is 1. The molecule has 40 heavy (non-hydrogen) atoms. The van der Waals surface area contributed by atoms with Gasteiger partial charge in [-0.25, -0.2) is 19.9 Å². The number of carbonyl (C=O) groups excluding carboxylic acids is 1. The lowest BCUT2D eigenvalue weighted by atomic mass is 9.91. The van der Waals surface area contributed by atoms with Crippen LogP contribution >= 0.6 is 38.5 Å². The lowest BCUT2D eigenvalue weighted by molar-refractivity contribution is -0.313. The minimum atomic E-state index is -1.20. The average molecular weight is 728 g/mol. The van der Waals surface area contributed by atoms with Gasteiger partial charge in [-0.15, -0.1) is 0 Å². The second-order valence-electron chi connectivity index (χ2n) is 10.6. The molecule has 2 aliphatic rings. The number of aromatic nitrogens is 3. The van der Waals surface area contributed by atoms with Gasteiger partial charge >= 0.3 is 6.09 Å². The molecule has 2 aliphatic heterocycles. The van der Waals surface area contributed by atoms with Crippen LogP contribution in [0.4, 0.5) is 4.79 Å². The van der Waals surface area contributed by atoms with Crippen LogP contribution in [0.1, 0.15) is 50.4 Å². The molecule has 11 nitrogen and oxygen atoms in total. The van der Waals surface area contributed by atoms with Gasteiger partial charge in [-0.3, -0.25) is 5.43 Å². The smallest absolute Gasteiger partial charge is 0.422 e. The second-order valence-corrected chi connectivity index (χ2v) is 12.7. The van der Waals surface area contributed by atoms with Gasteiger partial charge in [-0.2, -0.15) is 5.10 Å². The summed E-state index contributed by atoms with van der Waals surface area (Å²) in [6.07, 6.45) is -4.74. The Balaban J connectivity index is 1.47. The van der Waals surface area contributed by atoms with Crippen molar-refractivity contribution in [2.75, 3.05) is 6.61 Å². The number of nitrogens with zero attached hydrogens (tertiary/aromatic N) is 3. The molecule has 214 valence electrons. The number of aliphatic hydroxyl groups excluding tert-OH is 1. The Labute approximate surface area is 254 Å². The van der Waals surface area contributed by atoms with Crippen LogP contribution in [0.5, 0.6) is 0 Å². The van der Waals surface area contributed by atoms with E-state index in [9.17, 15) is 9.90 Å². The number of hydrogen-bond acceptors (Lipinski definition) is 9. The molecule has 1 aromatic heterocycles. The lowest BCUT2D eigenvalue weighted by Gasteiger charge is -2.48. The van der Waals surface area contributed by atoms with E-state index in [0.717, 1.165) is 19.3 Å². The maximum atomic E-state index is 12.5. The number of hydrazine groups is 1. The summed E-state index contributed by atoms with van der Waals surface area (Å²) in [5.74, 6) is 0.925. The molecule has 5 rings (SSSR count). The van der Waals surface area contributed by atoms with Crippen LogP contribution in [0.3, 0.4) is 0 Å². The highest BCUT2D eigenvalue weighted by Gasteiger charge is 2.51. The molecule has 0 radical (unpaired) electrons. The van der Waals surface area contributed by atoms with Gasteiger partial charge < -0.3 is 24.1 Å². The molecule has 2 fully saturated rings. The number of rotatable bonds is 5. The van der Waals surface area contributed by atoms with Crippen molar-refractivity contribution in [1.82, 2.24) is 25.6 Å². The summed E-state index contributed by atoms with van der Waals surface area (Å²) in [6.45, 7) is 7.28. The molecule has 1 unspecified atom stereocenters. The maximum absolute atomic E-state index is 12.5. The molecular weight excluding hydrogens is 697 g/mol. The van der Waals surface area contributed by atoms with Crippen LogP contribution in [0.2, 0.25) is 0 Å². The highest BCUT2D eigenvalue weighted by molar-refractivity contribution is 14.1. The quantitative estimate of drug-likeness (QED) is 0.261. The molecule has 3 heterocycles. The zero-order valence-corrected chi connectivity index (χ0v) is 26.1. The number of halogens is 2. The third-order valence-corrected chi connectivity index (χ3v) is 7.76. The molecule has 1 amide bonds. The van der Waals surface area contributed by atoms with Crippen LogP contribution in [0, 0.1) is 10.5 Å². The highest BCUT2D eigenvalue weighted by atomic mass is 127. The topological polar surface area (TPSA) is 129 Å². The van der Waals surface area contributed by atoms with Gasteiger partial charge in [0.2, 0.25) is 0 Å². The monoisotopic (exact) mass is 727 g/mol. The van der Waals surface area contributed by atoms with Gasteiger partial charge in [0.15, 0.2) is 12.1 Å². The number of hydrogen-bond donors (Lipinski definition) is 3. The van der Waals surface area contributed by atoms with Crippen LogP contribution in [0.25, 0.3) is 5.69 Å². The predicted octanol–water partition coefficient (Wildman–Crippen LogP) is 4.26. The molecule has 13 heteroatoms. The standard InChI is InChI=1S/C27H31BrIN5O6/c1-14-30-24(34(33-14)18-12-16(28)10-11-17(18)29)23-21(35)20(31-32-26(36)40-27(2,3)4)22-19(38-23)13-37-25(39-22)15-8-6-5-7-9-15/h5-12,19-23,25,31,35H,13H2,1-4H3,(H,32,36)/t19-,20-,21-,22+,23-,25?/m1/s1. The third kappa shape index (κ3) is 6.50. The Morgan fingerprint density at radius 1 is 1.20 bits per heavy atom. The van der Waals surface area contributed by atoms with Gasteiger partial charge in [0.05, 0.1) is 18.3 Å². The van der Waals surface area contributed by atoms with Gasteiger partial charge in [0, 0.05) is 13.6 Å². The zero-order chi connectivity index (χ0) is 28.6. The van der Waals surface area contributed by atoms with Crippen molar-refractivity contribution < 1.29 is 28.8 Å². The van der Waals surface area contributed by atoms with Gasteiger partial charge in [0.25, 0.3) is 0 Å². The van der Waals surface area contributed by atoms with Crippen molar-refractivity contribution in [2.24, 2.45) is 0 Å². The maximum Gasteiger partial charge on any atom is 0.422 e. The summed E-state index contributed by atoms with van der Waals surface area (Å²) in [4.78, 5) is 17.1. The fraction of sp³-hybridized carbons (Fsp3) is 0.444. The van der Waals surface area contributed by atoms with E-state index in [1.165, 1.54) is 0 Å². The zero-order valence-electron chi connectivity index (χ0n) is 22.4. The molecule has 6 atom stereocenters. The molecular formula is C27H31BrIN5O6. The molecule has 3 aromatic rings. The Morgan fingerprint density at radius 3 is 2.67 bits per heavy atom. The van der Waals surface area contributed by atoms with E-state index < -0.39 is 48.4 Å². The van der Waals surface area contributed by atoms with Crippen molar-refractivity contribution >= 4 is 44.6 Å². The van der Waals surface area contributed by atoms with Gasteiger partial charge in [-0.05, 0) is 68.5 Å². The first-order valence-electron chi connectivity index (χ1n) is 12.8. The summed E-state index contributed by atoms with van der Waals surface area (Å²) in [7, 11) is 0. The molecule has 3 N–H and O–H groups in total. The van der Waals surface area contributed by atoms with E-state index in [-0.39, 0.29) is 6.61 Å². The van der Waals surface area contributed by atoms with E-state index in [1.54, 1.807) is 32.4 Å². The number of benzene rings is 2. The summed E-state index contributed by atoms with van der Waals surface area (Å²) in [5.41, 5.74) is 6.43. The van der Waals surface area contributed by atoms with E-state index in [1.807, 2.05) is 48.5 Å². The molecule has 0 aliphatic carbocycles. The van der Waals surface area contributed by atoms with E-state index >= 15 is 0 Å². The van der Waals surface area contributed by atoms with Crippen molar-refractivity contribution in [3.05, 3.63) is 73.8 Å². The Kier molecular flexibility index (Phi) is 8.80. The van der Waals surface area contributed by atoms with E-state index in [4.69, 9.17) is 18.9 Å². The first kappa shape index (κ1) is 29.4. The minimum Gasteiger partial charge on any atom is -0.443 e. The first-order chi connectivity index (χ1) is 19.0. The number of nitrogens with one attached hydrogen (secondary N) is 2. The van der Waals surface area contributed by atoms with Crippen molar-refractivity contribution in [2.45, 2.75) is 70.0 Å². The van der Waals surface area contributed by atoms with Gasteiger partial charge in [-0.1, -0.05) is 46.3 Å². The van der Waals surface area contributed by atoms with Crippen molar-refractivity contribution in [3.8, 4) is 5.69 Å². The normalized spacial score (nSPS) is 26.7. The minimum absolute atomic E-state index is 0.194. The lowest BCUT2D eigenvalue weighted by Crippen LogP contribution is -2.66. The molecule has 2 saturated heterocycles. The third-order valence-electron chi connectivity index (χ3n) is 6.35. The Morgan fingerprint density at radius 2 is 1.95 bits per heavy atom. The fourth-order valence-corrected chi connectivity index (χ4v) is 5.60. The molecule has 0 bridgehead atoms. The van der Waals surface area contributed by atoms with Crippen LogP contribution in [-0.4, -0.2) is 62.5 Å². The average Bonchev–Trinajstić information content (AvgIpc) is 3.29. The number of aliphatic hydroxyl groups is 1.